The second-order valence-corrected chi connectivity index (χ2v) is 5.07. The first-order valence-electron chi connectivity index (χ1n) is 6.42. The van der Waals surface area contributed by atoms with E-state index in [4.69, 9.17) is 0 Å². The Morgan fingerprint density at radius 3 is 2.94 bits per heavy atom. The van der Waals surface area contributed by atoms with Gasteiger partial charge in [0.25, 0.3) is 0 Å². The minimum absolute atomic E-state index is 0.0818. The van der Waals surface area contributed by atoms with Crippen molar-refractivity contribution in [3.63, 3.8) is 0 Å². The molecular formula is C12H23N3O. The summed E-state index contributed by atoms with van der Waals surface area (Å²) in [5.41, 5.74) is 0. The van der Waals surface area contributed by atoms with Crippen molar-refractivity contribution in [2.24, 2.45) is 0 Å². The number of likely N-dealkylation sites (N-methyl/N-ethyl adjacent to an activating group) is 1. The lowest BCUT2D eigenvalue weighted by Crippen LogP contribution is -2.51. The van der Waals surface area contributed by atoms with Crippen LogP contribution in [0.1, 0.15) is 32.6 Å². The van der Waals surface area contributed by atoms with Gasteiger partial charge in [-0.25, -0.2) is 0 Å². The molecule has 0 radical (unpaired) electrons. The van der Waals surface area contributed by atoms with Gasteiger partial charge in [-0.2, -0.15) is 0 Å². The van der Waals surface area contributed by atoms with Crippen LogP contribution in [0.15, 0.2) is 0 Å². The smallest absolute Gasteiger partial charge is 0.237 e. The van der Waals surface area contributed by atoms with Crippen molar-refractivity contribution < 1.29 is 4.79 Å². The van der Waals surface area contributed by atoms with Gasteiger partial charge in [-0.15, -0.1) is 0 Å². The molecule has 0 aromatic rings. The molecular weight excluding hydrogens is 202 g/mol. The third kappa shape index (κ3) is 2.55. The first kappa shape index (κ1) is 11.9. The van der Waals surface area contributed by atoms with Gasteiger partial charge in [0.15, 0.2) is 0 Å². The van der Waals surface area contributed by atoms with Gasteiger partial charge in [0.1, 0.15) is 0 Å². The Labute approximate surface area is 97.8 Å². The molecule has 3 unspecified atom stereocenters. The third-order valence-electron chi connectivity index (χ3n) is 3.99. The van der Waals surface area contributed by atoms with Crippen LogP contribution in [0.4, 0.5) is 0 Å². The van der Waals surface area contributed by atoms with Gasteiger partial charge in [0, 0.05) is 18.6 Å². The first-order valence-corrected chi connectivity index (χ1v) is 6.42. The molecule has 1 amide bonds. The van der Waals surface area contributed by atoms with Crippen LogP contribution in [-0.2, 0) is 4.79 Å². The average molecular weight is 225 g/mol. The highest BCUT2D eigenvalue weighted by Gasteiger charge is 2.32. The zero-order valence-corrected chi connectivity index (χ0v) is 10.3. The maximum atomic E-state index is 11.7. The van der Waals surface area contributed by atoms with E-state index in [1.54, 1.807) is 0 Å². The molecule has 2 rings (SSSR count). The summed E-state index contributed by atoms with van der Waals surface area (Å²) >= 11 is 0. The van der Waals surface area contributed by atoms with E-state index < -0.39 is 0 Å². The van der Waals surface area contributed by atoms with Gasteiger partial charge >= 0.3 is 0 Å². The standard InChI is InChI=1S/C12H23N3O/c1-9(13-2)12(16)14-10-5-7-15-6-3-4-11(15)8-10/h9-11,13H,3-8H2,1-2H3,(H,14,16). The number of hydrogen-bond acceptors (Lipinski definition) is 3. The molecule has 0 spiro atoms. The Morgan fingerprint density at radius 2 is 2.19 bits per heavy atom. The maximum absolute atomic E-state index is 11.7. The van der Waals surface area contributed by atoms with Crippen molar-refractivity contribution in [2.75, 3.05) is 20.1 Å². The Kier molecular flexibility index (Phi) is 3.82. The van der Waals surface area contributed by atoms with Crippen molar-refractivity contribution in [1.82, 2.24) is 15.5 Å². The Morgan fingerprint density at radius 1 is 1.38 bits per heavy atom. The second-order valence-electron chi connectivity index (χ2n) is 5.07. The van der Waals surface area contributed by atoms with E-state index in [2.05, 4.69) is 15.5 Å². The number of carbonyl (C=O) groups excluding carboxylic acids is 1. The quantitative estimate of drug-likeness (QED) is 0.728. The highest BCUT2D eigenvalue weighted by Crippen LogP contribution is 2.26. The lowest BCUT2D eigenvalue weighted by atomic mass is 9.97. The minimum Gasteiger partial charge on any atom is -0.352 e. The number of hydrogen-bond donors (Lipinski definition) is 2. The lowest BCUT2D eigenvalue weighted by Gasteiger charge is -2.35. The van der Waals surface area contributed by atoms with Gasteiger partial charge in [-0.05, 0) is 46.2 Å². The zero-order chi connectivity index (χ0) is 11.5. The number of nitrogens with one attached hydrogen (secondary N) is 2. The predicted octanol–water partition coefficient (Wildman–Crippen LogP) is 0.337. The van der Waals surface area contributed by atoms with E-state index >= 15 is 0 Å². The molecule has 2 aliphatic rings. The molecule has 16 heavy (non-hydrogen) atoms. The largest absolute Gasteiger partial charge is 0.352 e. The van der Waals surface area contributed by atoms with Gasteiger partial charge < -0.3 is 15.5 Å². The van der Waals surface area contributed by atoms with Crippen LogP contribution in [0.5, 0.6) is 0 Å². The van der Waals surface area contributed by atoms with Crippen molar-refractivity contribution in [2.45, 2.75) is 50.7 Å². The van der Waals surface area contributed by atoms with Crippen LogP contribution >= 0.6 is 0 Å². The Balaban J connectivity index is 1.81. The summed E-state index contributed by atoms with van der Waals surface area (Å²) in [7, 11) is 1.82. The van der Waals surface area contributed by atoms with Gasteiger partial charge in [0.05, 0.1) is 6.04 Å². The van der Waals surface area contributed by atoms with Gasteiger partial charge in [0.2, 0.25) is 5.91 Å². The number of amides is 1. The van der Waals surface area contributed by atoms with Crippen LogP contribution in [0.3, 0.4) is 0 Å². The summed E-state index contributed by atoms with van der Waals surface area (Å²) < 4.78 is 0. The van der Waals surface area contributed by atoms with Gasteiger partial charge in [-0.3, -0.25) is 4.79 Å². The number of nitrogens with zero attached hydrogens (tertiary/aromatic N) is 1. The molecule has 0 aliphatic carbocycles. The summed E-state index contributed by atoms with van der Waals surface area (Å²) in [6, 6.07) is 1.04. The molecule has 0 aromatic carbocycles. The van der Waals surface area contributed by atoms with Gasteiger partial charge in [-0.1, -0.05) is 0 Å². The van der Waals surface area contributed by atoms with Crippen molar-refractivity contribution in [3.8, 4) is 0 Å². The van der Waals surface area contributed by atoms with Crippen molar-refractivity contribution in [1.29, 1.82) is 0 Å². The van der Waals surface area contributed by atoms with E-state index in [0.717, 1.165) is 25.4 Å². The minimum atomic E-state index is -0.0818. The highest BCUT2D eigenvalue weighted by atomic mass is 16.2. The summed E-state index contributed by atoms with van der Waals surface area (Å²) in [6.07, 6.45) is 4.90. The molecule has 0 bridgehead atoms. The molecule has 2 fully saturated rings. The average Bonchev–Trinajstić information content (AvgIpc) is 2.75. The molecule has 0 saturated carbocycles. The van der Waals surface area contributed by atoms with Crippen molar-refractivity contribution in [3.05, 3.63) is 0 Å². The normalized spacial score (nSPS) is 32.1. The predicted molar refractivity (Wildman–Crippen MR) is 64.3 cm³/mol. The van der Waals surface area contributed by atoms with E-state index in [0.29, 0.717) is 6.04 Å². The molecule has 2 N–H and O–H groups in total. The fourth-order valence-electron chi connectivity index (χ4n) is 2.81. The number of carbonyl (C=O) groups is 1. The van der Waals surface area contributed by atoms with Crippen LogP contribution in [-0.4, -0.2) is 49.1 Å². The molecule has 4 heteroatoms. The number of rotatable bonds is 3. The summed E-state index contributed by atoms with van der Waals surface area (Å²) in [5.74, 6) is 0.138. The molecule has 4 nitrogen and oxygen atoms in total. The van der Waals surface area contributed by atoms with E-state index in [1.807, 2.05) is 14.0 Å². The van der Waals surface area contributed by atoms with Crippen LogP contribution in [0.25, 0.3) is 0 Å². The van der Waals surface area contributed by atoms with Crippen LogP contribution < -0.4 is 10.6 Å². The Hall–Kier alpha value is -0.610. The fourth-order valence-corrected chi connectivity index (χ4v) is 2.81. The Bertz CT molecular complexity index is 257. The zero-order valence-electron chi connectivity index (χ0n) is 10.3. The highest BCUT2D eigenvalue weighted by molar-refractivity contribution is 5.81. The van der Waals surface area contributed by atoms with Crippen LogP contribution in [0, 0.1) is 0 Å². The fraction of sp³-hybridized carbons (Fsp3) is 0.917. The number of piperidine rings is 1. The maximum Gasteiger partial charge on any atom is 0.237 e. The summed E-state index contributed by atoms with van der Waals surface area (Å²) in [4.78, 5) is 14.3. The molecule has 3 atom stereocenters. The topological polar surface area (TPSA) is 44.4 Å². The summed E-state index contributed by atoms with van der Waals surface area (Å²) in [6.45, 7) is 4.32. The molecule has 2 saturated heterocycles. The van der Waals surface area contributed by atoms with E-state index in [1.165, 1.54) is 19.4 Å². The third-order valence-corrected chi connectivity index (χ3v) is 3.99. The second kappa shape index (κ2) is 5.15. The monoisotopic (exact) mass is 225 g/mol. The molecule has 2 aliphatic heterocycles. The summed E-state index contributed by atoms with van der Waals surface area (Å²) in [5, 5.41) is 6.13. The lowest BCUT2D eigenvalue weighted by molar-refractivity contribution is -0.123. The SMILES string of the molecule is CNC(C)C(=O)NC1CCN2CCCC2C1. The van der Waals surface area contributed by atoms with E-state index in [9.17, 15) is 4.79 Å². The molecule has 0 aromatic heterocycles. The van der Waals surface area contributed by atoms with E-state index in [-0.39, 0.29) is 11.9 Å². The first-order chi connectivity index (χ1) is 7.70. The number of fused-ring (bicyclic) bond motifs is 1. The van der Waals surface area contributed by atoms with Crippen molar-refractivity contribution >= 4 is 5.91 Å². The molecule has 2 heterocycles. The van der Waals surface area contributed by atoms with Crippen LogP contribution in [0.2, 0.25) is 0 Å². The molecule has 92 valence electrons.